The summed E-state index contributed by atoms with van der Waals surface area (Å²) in [6, 6.07) is 8.64. The number of rotatable bonds is 5. The van der Waals surface area contributed by atoms with Crippen molar-refractivity contribution in [1.29, 1.82) is 0 Å². The molecule has 0 atom stereocenters. The highest BCUT2D eigenvalue weighted by molar-refractivity contribution is 7.92. The Morgan fingerprint density at radius 2 is 1.56 bits per heavy atom. The van der Waals surface area contributed by atoms with Gasteiger partial charge in [0.05, 0.1) is 15.5 Å². The lowest BCUT2D eigenvalue weighted by molar-refractivity contribution is 0.582. The van der Waals surface area contributed by atoms with Crippen LogP contribution in [-0.4, -0.2) is 23.9 Å². The number of anilines is 1. The Morgan fingerprint density at radius 1 is 1.00 bits per heavy atom. The summed E-state index contributed by atoms with van der Waals surface area (Å²) >= 11 is 5.80. The molecule has 0 saturated heterocycles. The van der Waals surface area contributed by atoms with Crippen molar-refractivity contribution >= 4 is 37.3 Å². The second kappa shape index (κ2) is 6.93. The molecule has 0 radical (unpaired) electrons. The van der Waals surface area contributed by atoms with Crippen molar-refractivity contribution in [2.24, 2.45) is 5.84 Å². The van der Waals surface area contributed by atoms with E-state index in [1.54, 1.807) is 11.8 Å². The molecule has 0 heterocycles. The van der Waals surface area contributed by atoms with Crippen LogP contribution in [0.25, 0.3) is 0 Å². The van der Waals surface area contributed by atoms with Gasteiger partial charge in [-0.25, -0.2) is 16.8 Å². The molecule has 0 aromatic heterocycles. The molecule has 0 aliphatic heterocycles. The molecule has 3 N–H and O–H groups in total. The average molecular weight is 404 g/mol. The van der Waals surface area contributed by atoms with Gasteiger partial charge in [0.15, 0.2) is 0 Å². The molecule has 0 spiro atoms. The van der Waals surface area contributed by atoms with Crippen molar-refractivity contribution in [3.63, 3.8) is 0 Å². The molecule has 0 bridgehead atoms. The monoisotopic (exact) mass is 403 g/mol. The van der Waals surface area contributed by atoms with Crippen LogP contribution < -0.4 is 15.0 Å². The highest BCUT2D eigenvalue weighted by Crippen LogP contribution is 2.32. The van der Waals surface area contributed by atoms with Crippen molar-refractivity contribution < 1.29 is 16.8 Å². The third-order valence-corrected chi connectivity index (χ3v) is 7.17. The zero-order chi connectivity index (χ0) is 19.0. The molecule has 0 amide bonds. The highest BCUT2D eigenvalue weighted by atomic mass is 35.5. The second-order valence-electron chi connectivity index (χ2n) is 5.40. The van der Waals surface area contributed by atoms with Crippen LogP contribution in [-0.2, 0) is 20.0 Å². The molecule has 0 unspecified atom stereocenters. The van der Waals surface area contributed by atoms with E-state index in [2.05, 4.69) is 0 Å². The van der Waals surface area contributed by atoms with E-state index >= 15 is 0 Å². The van der Waals surface area contributed by atoms with Crippen molar-refractivity contribution in [3.8, 4) is 0 Å². The van der Waals surface area contributed by atoms with Gasteiger partial charge in [-0.05, 0) is 55.3 Å². The van der Waals surface area contributed by atoms with Crippen molar-refractivity contribution in [2.45, 2.75) is 23.6 Å². The van der Waals surface area contributed by atoms with E-state index in [1.165, 1.54) is 50.4 Å². The number of sulfonamides is 2. The Kier molecular flexibility index (Phi) is 5.45. The molecule has 7 nitrogen and oxygen atoms in total. The Morgan fingerprint density at radius 3 is 2.08 bits per heavy atom. The Bertz CT molecular complexity index is 1000. The fraction of sp³-hybridized carbons (Fsp3) is 0.200. The quantitative estimate of drug-likeness (QED) is 0.585. The average Bonchev–Trinajstić information content (AvgIpc) is 2.54. The minimum atomic E-state index is -3.93. The van der Waals surface area contributed by atoms with Crippen LogP contribution >= 0.6 is 11.6 Å². The van der Waals surface area contributed by atoms with Crippen LogP contribution in [0, 0.1) is 13.8 Å². The van der Waals surface area contributed by atoms with Crippen LogP contribution in [0.1, 0.15) is 11.1 Å². The molecule has 0 aliphatic carbocycles. The Balaban J connectivity index is 2.65. The van der Waals surface area contributed by atoms with E-state index in [-0.39, 0.29) is 21.0 Å². The fourth-order valence-corrected chi connectivity index (χ4v) is 4.86. The maximum Gasteiger partial charge on any atom is 0.264 e. The number of nitrogens with two attached hydrogens (primary N) is 1. The van der Waals surface area contributed by atoms with E-state index in [0.717, 1.165) is 4.31 Å². The van der Waals surface area contributed by atoms with Gasteiger partial charge in [-0.2, -0.15) is 4.83 Å². The maximum atomic E-state index is 12.9. The van der Waals surface area contributed by atoms with Gasteiger partial charge in [-0.3, -0.25) is 10.1 Å². The third-order valence-electron chi connectivity index (χ3n) is 3.81. The van der Waals surface area contributed by atoms with Crippen molar-refractivity contribution in [2.75, 3.05) is 11.4 Å². The minimum Gasteiger partial charge on any atom is -0.269 e. The van der Waals surface area contributed by atoms with Gasteiger partial charge < -0.3 is 0 Å². The van der Waals surface area contributed by atoms with Crippen LogP contribution in [0.15, 0.2) is 46.2 Å². The van der Waals surface area contributed by atoms with Crippen molar-refractivity contribution in [3.05, 3.63) is 52.5 Å². The lowest BCUT2D eigenvalue weighted by Crippen LogP contribution is -2.32. The lowest BCUT2D eigenvalue weighted by atomic mass is 10.1. The van der Waals surface area contributed by atoms with Crippen LogP contribution in [0.3, 0.4) is 0 Å². The lowest BCUT2D eigenvalue weighted by Gasteiger charge is -2.24. The van der Waals surface area contributed by atoms with Gasteiger partial charge in [0.2, 0.25) is 0 Å². The van der Waals surface area contributed by atoms with Crippen molar-refractivity contribution in [1.82, 2.24) is 4.83 Å². The first-order valence-corrected chi connectivity index (χ1v) is 10.4. The second-order valence-corrected chi connectivity index (χ2v) is 9.49. The summed E-state index contributed by atoms with van der Waals surface area (Å²) in [5.41, 5.74) is 1.15. The molecule has 0 aliphatic rings. The first-order chi connectivity index (χ1) is 11.5. The fourth-order valence-electron chi connectivity index (χ4n) is 2.54. The van der Waals surface area contributed by atoms with E-state index < -0.39 is 20.0 Å². The van der Waals surface area contributed by atoms with Gasteiger partial charge in [-0.15, -0.1) is 0 Å². The van der Waals surface area contributed by atoms with Gasteiger partial charge in [0.25, 0.3) is 20.0 Å². The summed E-state index contributed by atoms with van der Waals surface area (Å²) in [5.74, 6) is 5.08. The van der Waals surface area contributed by atoms with Gasteiger partial charge in [-0.1, -0.05) is 17.7 Å². The molecular weight excluding hydrogens is 386 g/mol. The molecular formula is C15H18ClN3O4S2. The van der Waals surface area contributed by atoms with Gasteiger partial charge >= 0.3 is 0 Å². The number of hydrogen-bond donors (Lipinski definition) is 2. The van der Waals surface area contributed by atoms with E-state index in [0.29, 0.717) is 10.6 Å². The summed E-state index contributed by atoms with van der Waals surface area (Å²) in [6.45, 7) is 3.23. The molecule has 25 heavy (non-hydrogen) atoms. The number of benzene rings is 2. The van der Waals surface area contributed by atoms with Gasteiger partial charge in [0.1, 0.15) is 0 Å². The summed E-state index contributed by atoms with van der Waals surface area (Å²) in [5, 5.41) is 0.413. The summed E-state index contributed by atoms with van der Waals surface area (Å²) in [4.78, 5) is 1.71. The third kappa shape index (κ3) is 3.65. The van der Waals surface area contributed by atoms with Crippen LogP contribution in [0.2, 0.25) is 5.02 Å². The summed E-state index contributed by atoms with van der Waals surface area (Å²) < 4.78 is 50.9. The molecule has 2 aromatic rings. The molecule has 2 rings (SSSR count). The predicted octanol–water partition coefficient (Wildman–Crippen LogP) is 1.93. The zero-order valence-electron chi connectivity index (χ0n) is 13.8. The molecule has 2 aromatic carbocycles. The standard InChI is InChI=1S/C15H18ClN3O4S2/c1-10-4-9-14(24(20,21)18-17)11(2)15(10)19(3)25(22,23)13-7-5-12(16)6-8-13/h4-9,18H,17H2,1-3H3. The van der Waals surface area contributed by atoms with Gasteiger partial charge in [0, 0.05) is 12.1 Å². The SMILES string of the molecule is Cc1ccc(S(=O)(=O)NN)c(C)c1N(C)S(=O)(=O)c1ccc(Cl)cc1. The first kappa shape index (κ1) is 19.7. The molecule has 0 fully saturated rings. The number of nitrogens with one attached hydrogen (secondary N) is 1. The maximum absolute atomic E-state index is 12.9. The smallest absolute Gasteiger partial charge is 0.264 e. The van der Waals surface area contributed by atoms with E-state index in [9.17, 15) is 16.8 Å². The normalized spacial score (nSPS) is 12.2. The number of hydrazine groups is 1. The number of halogens is 1. The predicted molar refractivity (Wildman–Crippen MR) is 97.5 cm³/mol. The van der Waals surface area contributed by atoms with Crippen LogP contribution in [0.4, 0.5) is 5.69 Å². The Hall–Kier alpha value is -1.65. The highest BCUT2D eigenvalue weighted by Gasteiger charge is 2.27. The number of hydrogen-bond acceptors (Lipinski definition) is 5. The summed E-state index contributed by atoms with van der Waals surface area (Å²) in [6.07, 6.45) is 0. The van der Waals surface area contributed by atoms with Crippen LogP contribution in [0.5, 0.6) is 0 Å². The molecule has 136 valence electrons. The number of aryl methyl sites for hydroxylation is 1. The number of nitrogens with zero attached hydrogens (tertiary/aromatic N) is 1. The zero-order valence-corrected chi connectivity index (χ0v) is 16.2. The Labute approximate surface area is 152 Å². The molecule has 0 saturated carbocycles. The first-order valence-electron chi connectivity index (χ1n) is 7.09. The molecule has 10 heteroatoms. The van der Waals surface area contributed by atoms with E-state index in [1.807, 2.05) is 0 Å². The summed E-state index contributed by atoms with van der Waals surface area (Å²) in [7, 11) is -6.46. The minimum absolute atomic E-state index is 0.0448. The largest absolute Gasteiger partial charge is 0.269 e. The van der Waals surface area contributed by atoms with E-state index in [4.69, 9.17) is 17.4 Å². The topological polar surface area (TPSA) is 110 Å².